The van der Waals surface area contributed by atoms with Crippen molar-refractivity contribution < 1.29 is 18.6 Å². The van der Waals surface area contributed by atoms with Crippen LogP contribution in [0.15, 0.2) is 324 Å². The van der Waals surface area contributed by atoms with Crippen LogP contribution < -0.4 is 10.9 Å². The summed E-state index contributed by atoms with van der Waals surface area (Å²) in [6.45, 7) is 71.7. The second-order valence-electron chi connectivity index (χ2n) is 51.2. The molecular formula is C136H148B2Br2O4. The van der Waals surface area contributed by atoms with E-state index in [4.69, 9.17) is 18.6 Å². The maximum Gasteiger partial charge on any atom is 0.494 e. The number of hydrogen-bond donors (Lipinski definition) is 0. The van der Waals surface area contributed by atoms with E-state index in [0.717, 1.165) is 97.4 Å². The van der Waals surface area contributed by atoms with Crippen LogP contribution in [-0.4, -0.2) is 36.6 Å². The summed E-state index contributed by atoms with van der Waals surface area (Å²) in [5.41, 5.74) is 38.5. The minimum absolute atomic E-state index is 0.0217. The van der Waals surface area contributed by atoms with Gasteiger partial charge in [0.2, 0.25) is 0 Å². The van der Waals surface area contributed by atoms with Crippen LogP contribution in [0.3, 0.4) is 0 Å². The fourth-order valence-electron chi connectivity index (χ4n) is 19.9. The van der Waals surface area contributed by atoms with Crippen molar-refractivity contribution in [2.24, 2.45) is 0 Å². The topological polar surface area (TPSA) is 36.9 Å². The summed E-state index contributed by atoms with van der Waals surface area (Å²) >= 11 is 8.04. The Hall–Kier alpha value is -11.0. The minimum atomic E-state index is -0.624. The molecule has 2 saturated heterocycles. The smallest absolute Gasteiger partial charge is 0.399 e. The maximum atomic E-state index is 7.01. The van der Waals surface area contributed by atoms with Crippen molar-refractivity contribution in [2.75, 3.05) is 0 Å². The van der Waals surface area contributed by atoms with Gasteiger partial charge in [-0.05, 0) is 406 Å². The molecule has 0 aliphatic carbocycles. The van der Waals surface area contributed by atoms with Gasteiger partial charge in [0.05, 0.1) is 22.4 Å². The summed E-state index contributed by atoms with van der Waals surface area (Å²) in [5, 5.41) is 4.55. The maximum absolute atomic E-state index is 7.01. The van der Waals surface area contributed by atoms with E-state index in [1.807, 2.05) is 0 Å². The SMILES string of the molecule is CC(C)(C)c1ccc(-c2cc(-c3ccc(C(C)(C)C)cc3)cc(-c3cc(B4OC(C)(C)C(C)(C)O4)cc4c(-c5cc(-c6ccc(C(C)(C)C)cc6)cc(-c6ccc(C(C)(C)C)cc6)c5)cc(B5OC(C)(C)C(C)(C)O5)cc34)c2)cc1.CC(C)(C)c1ccc(-c2cc(-c3ccc(C(C)(C)C)cc3)cc(-c3cc(Br)cc4c(-c5cc(-c6ccc(C(C)(C)C)cc6)cc(-c6ccc(C(C)(C)C)cc6)c5)cc(Br)cc34)c2)cc1. The van der Waals surface area contributed by atoms with Gasteiger partial charge in [0.1, 0.15) is 0 Å². The molecule has 0 radical (unpaired) electrons. The second kappa shape index (κ2) is 38.3. The molecular weight excluding hydrogens is 1880 g/mol. The van der Waals surface area contributed by atoms with E-state index in [1.165, 1.54) is 122 Å². The van der Waals surface area contributed by atoms with E-state index in [1.54, 1.807) is 0 Å². The van der Waals surface area contributed by atoms with E-state index in [9.17, 15) is 0 Å². The molecule has 144 heavy (non-hydrogen) atoms. The monoisotopic (exact) mass is 2020 g/mol. The van der Waals surface area contributed by atoms with Crippen LogP contribution in [0.25, 0.3) is 155 Å². The standard InChI is InChI=1S/C74H86B2O4.C62H62Br2/c1-67(2,3)57-29-21-47(22-30-57)51-37-52(48-23-31-58(32-24-48)68(4,5)6)40-55(39-51)63-43-61(75-77-71(13,14)72(15,16)78-75)46-66-64(44-62(45-65(63)66)76-79-73(17,18)74(19,20)80-76)56-41-53(49-25-33-59(34-26-49)69(7,8)9)38-54(42-56)50-27-35-60(36-28-50)70(10,11)12;1-59(2,3)49-21-13-39(14-22-49)43-29-44(40-15-23-50(24-16-40)60(4,5)6)32-47(31-43)55-35-53(63)38-58-56(36-54(64)37-57(55)58)48-33-45(41-17-25-51(26-18-41)61(7,8)9)30-46(34-48)42-19-27-52(28-20-42)62(10,11)12/h21-46H,1-20H3;13-38H,1-12H3. The molecule has 2 fully saturated rings. The highest BCUT2D eigenvalue weighted by atomic mass is 79.9. The molecule has 2 aliphatic rings. The average molecular weight is 2030 g/mol. The van der Waals surface area contributed by atoms with Crippen LogP contribution in [0.4, 0.5) is 0 Å². The van der Waals surface area contributed by atoms with Gasteiger partial charge in [-0.25, -0.2) is 0 Å². The van der Waals surface area contributed by atoms with Crippen LogP contribution in [0.5, 0.6) is 0 Å². The first-order valence-electron chi connectivity index (χ1n) is 51.8. The van der Waals surface area contributed by atoms with Crippen LogP contribution in [0, 0.1) is 0 Å². The Morgan fingerprint density at radius 2 is 0.292 bits per heavy atom. The van der Waals surface area contributed by atoms with Gasteiger partial charge in [0.25, 0.3) is 0 Å². The molecule has 0 N–H and O–H groups in total. The van der Waals surface area contributed by atoms with Crippen LogP contribution in [-0.2, 0) is 61.9 Å². The minimum Gasteiger partial charge on any atom is -0.399 e. The predicted octanol–water partition coefficient (Wildman–Crippen LogP) is 38.2. The van der Waals surface area contributed by atoms with Crippen LogP contribution >= 0.6 is 31.9 Å². The number of hydrogen-bond acceptors (Lipinski definition) is 4. The zero-order valence-electron chi connectivity index (χ0n) is 91.6. The summed E-state index contributed by atoms with van der Waals surface area (Å²) in [6, 6.07) is 120. The van der Waals surface area contributed by atoms with Crippen molar-refractivity contribution >= 4 is 78.6 Å². The molecule has 16 aromatic rings. The van der Waals surface area contributed by atoms with Gasteiger partial charge in [0.15, 0.2) is 0 Å². The molecule has 18 rings (SSSR count). The molecule has 4 nitrogen and oxygen atoms in total. The van der Waals surface area contributed by atoms with Crippen LogP contribution in [0.2, 0.25) is 0 Å². The molecule has 8 heteroatoms. The van der Waals surface area contributed by atoms with Gasteiger partial charge in [-0.15, -0.1) is 0 Å². The second-order valence-corrected chi connectivity index (χ2v) is 53.1. The van der Waals surface area contributed by atoms with Crippen molar-refractivity contribution in [1.82, 2.24) is 0 Å². The number of benzene rings is 16. The van der Waals surface area contributed by atoms with Gasteiger partial charge in [-0.3, -0.25) is 0 Å². The molecule has 16 aromatic carbocycles. The lowest BCUT2D eigenvalue weighted by Crippen LogP contribution is -2.41. The van der Waals surface area contributed by atoms with E-state index in [-0.39, 0.29) is 43.3 Å². The number of fused-ring (bicyclic) bond motifs is 2. The molecule has 0 amide bonds. The first-order valence-corrected chi connectivity index (χ1v) is 53.4. The van der Waals surface area contributed by atoms with Gasteiger partial charge in [0, 0.05) is 8.95 Å². The Morgan fingerprint density at radius 3 is 0.438 bits per heavy atom. The van der Waals surface area contributed by atoms with E-state index in [2.05, 4.69) is 569 Å². The highest BCUT2D eigenvalue weighted by Crippen LogP contribution is 2.50. The predicted molar refractivity (Wildman–Crippen MR) is 630 cm³/mol. The summed E-state index contributed by atoms with van der Waals surface area (Å²) in [7, 11) is -1.25. The first kappa shape index (κ1) is 104. The molecule has 736 valence electrons. The Kier molecular flexibility index (Phi) is 27.8. The molecule has 0 aromatic heterocycles. The fraction of sp³-hybridized carbons (Fsp3) is 0.324. The Morgan fingerprint density at radius 1 is 0.160 bits per heavy atom. The summed E-state index contributed by atoms with van der Waals surface area (Å²) in [4.78, 5) is 0. The number of halogens is 2. The Bertz CT molecular complexity index is 6700. The summed E-state index contributed by atoms with van der Waals surface area (Å²) in [6.07, 6.45) is 0. The van der Waals surface area contributed by atoms with E-state index >= 15 is 0 Å². The van der Waals surface area contributed by atoms with Crippen molar-refractivity contribution in [3.8, 4) is 134 Å². The van der Waals surface area contributed by atoms with Gasteiger partial charge in [-0.2, -0.15) is 0 Å². The quantitative estimate of drug-likeness (QED) is 0.102. The summed E-state index contributed by atoms with van der Waals surface area (Å²) < 4.78 is 30.1. The number of rotatable bonds is 14. The third-order valence-corrected chi connectivity index (χ3v) is 31.7. The fourth-order valence-corrected chi connectivity index (χ4v) is 20.8. The lowest BCUT2D eigenvalue weighted by molar-refractivity contribution is 0.00578. The largest absolute Gasteiger partial charge is 0.494 e. The molecule has 2 aliphatic heterocycles. The normalized spacial score (nSPS) is 15.1. The average Bonchev–Trinajstić information content (AvgIpc) is 1.64. The highest BCUT2D eigenvalue weighted by molar-refractivity contribution is 9.10. The van der Waals surface area contributed by atoms with Crippen molar-refractivity contribution in [3.63, 3.8) is 0 Å². The summed E-state index contributed by atoms with van der Waals surface area (Å²) in [5.74, 6) is 0. The van der Waals surface area contributed by atoms with Crippen molar-refractivity contribution in [2.45, 2.75) is 287 Å². The molecule has 2 heterocycles. The van der Waals surface area contributed by atoms with Crippen molar-refractivity contribution in [1.29, 1.82) is 0 Å². The molecule has 0 bridgehead atoms. The molecule has 0 saturated carbocycles. The molecule has 0 atom stereocenters. The zero-order valence-corrected chi connectivity index (χ0v) is 94.7. The Balaban J connectivity index is 0.000000202. The third kappa shape index (κ3) is 22.3. The lowest BCUT2D eigenvalue weighted by atomic mass is 9.72. The third-order valence-electron chi connectivity index (χ3n) is 30.8. The van der Waals surface area contributed by atoms with E-state index < -0.39 is 36.6 Å². The Labute approximate surface area is 880 Å². The van der Waals surface area contributed by atoms with Gasteiger partial charge >= 0.3 is 14.2 Å². The zero-order chi connectivity index (χ0) is 104. The van der Waals surface area contributed by atoms with E-state index in [0.29, 0.717) is 0 Å². The van der Waals surface area contributed by atoms with Gasteiger partial charge in [-0.1, -0.05) is 416 Å². The van der Waals surface area contributed by atoms with Crippen molar-refractivity contribution in [3.05, 3.63) is 369 Å². The highest BCUT2D eigenvalue weighted by Gasteiger charge is 2.54. The lowest BCUT2D eigenvalue weighted by Gasteiger charge is -2.32. The van der Waals surface area contributed by atoms with Crippen LogP contribution in [0.1, 0.15) is 266 Å². The first-order chi connectivity index (χ1) is 67.1. The molecule has 0 spiro atoms. The molecule has 0 unspecified atom stereocenters. The van der Waals surface area contributed by atoms with Gasteiger partial charge < -0.3 is 18.6 Å².